The van der Waals surface area contributed by atoms with Crippen LogP contribution in [0.15, 0.2) is 0 Å². The van der Waals surface area contributed by atoms with Crippen molar-refractivity contribution in [3.05, 3.63) is 0 Å². The Hall–Kier alpha value is 0.480. The Morgan fingerprint density at radius 2 is 1.69 bits per heavy atom. The third kappa shape index (κ3) is 7.54. The van der Waals surface area contributed by atoms with E-state index in [1.54, 1.807) is 0 Å². The van der Waals surface area contributed by atoms with Crippen LogP contribution in [-0.4, -0.2) is 4.83 Å². The van der Waals surface area contributed by atoms with Crippen molar-refractivity contribution in [2.75, 3.05) is 0 Å². The predicted molar refractivity (Wildman–Crippen MR) is 65.5 cm³/mol. The fourth-order valence-electron chi connectivity index (χ4n) is 2.38. The van der Waals surface area contributed by atoms with Gasteiger partial charge in [0.25, 0.3) is 0 Å². The van der Waals surface area contributed by atoms with Crippen LogP contribution in [0.25, 0.3) is 0 Å². The molecule has 0 nitrogen and oxygen atoms in total. The van der Waals surface area contributed by atoms with Gasteiger partial charge in [-0.25, -0.2) is 0 Å². The average molecular weight is 249 g/mol. The molecule has 0 aromatic rings. The molecule has 0 saturated carbocycles. The molecular weight excluding hydrogens is 224 g/mol. The number of hydrogen-bond donors (Lipinski definition) is 0. The Morgan fingerprint density at radius 3 is 2.08 bits per heavy atom. The highest BCUT2D eigenvalue weighted by atomic mass is 79.9. The topological polar surface area (TPSA) is 0 Å². The molecule has 0 N–H and O–H groups in total. The van der Waals surface area contributed by atoms with Gasteiger partial charge in [0.15, 0.2) is 0 Å². The highest BCUT2D eigenvalue weighted by Gasteiger charge is 2.22. The molecule has 0 aromatic heterocycles. The zero-order valence-corrected chi connectivity index (χ0v) is 11.4. The van der Waals surface area contributed by atoms with E-state index in [0.717, 1.165) is 5.92 Å². The lowest BCUT2D eigenvalue weighted by atomic mass is 9.79. The van der Waals surface area contributed by atoms with E-state index in [4.69, 9.17) is 0 Å². The van der Waals surface area contributed by atoms with Gasteiger partial charge in [-0.2, -0.15) is 0 Å². The number of halogens is 1. The molecule has 80 valence electrons. The third-order valence-electron chi connectivity index (χ3n) is 2.52. The van der Waals surface area contributed by atoms with Crippen molar-refractivity contribution in [1.82, 2.24) is 0 Å². The summed E-state index contributed by atoms with van der Waals surface area (Å²) in [6, 6.07) is 0. The van der Waals surface area contributed by atoms with Crippen LogP contribution >= 0.6 is 15.9 Å². The van der Waals surface area contributed by atoms with E-state index in [2.05, 4.69) is 50.5 Å². The van der Waals surface area contributed by atoms with Crippen molar-refractivity contribution < 1.29 is 0 Å². The molecule has 2 atom stereocenters. The van der Waals surface area contributed by atoms with Gasteiger partial charge in [0.05, 0.1) is 0 Å². The highest BCUT2D eigenvalue weighted by molar-refractivity contribution is 9.09. The normalized spacial score (nSPS) is 17.1. The van der Waals surface area contributed by atoms with Gasteiger partial charge in [0, 0.05) is 4.83 Å². The molecule has 0 aliphatic rings. The first-order valence-electron chi connectivity index (χ1n) is 5.51. The zero-order chi connectivity index (χ0) is 10.5. The van der Waals surface area contributed by atoms with E-state index in [1.165, 1.54) is 25.7 Å². The van der Waals surface area contributed by atoms with Crippen LogP contribution < -0.4 is 0 Å². The third-order valence-corrected chi connectivity index (χ3v) is 2.84. The second-order valence-corrected chi connectivity index (χ2v) is 6.81. The van der Waals surface area contributed by atoms with Gasteiger partial charge in [0.1, 0.15) is 0 Å². The van der Waals surface area contributed by atoms with E-state index >= 15 is 0 Å². The molecule has 0 aliphatic carbocycles. The van der Waals surface area contributed by atoms with Crippen LogP contribution in [0.2, 0.25) is 0 Å². The molecule has 2 unspecified atom stereocenters. The minimum absolute atomic E-state index is 0.498. The zero-order valence-electron chi connectivity index (χ0n) is 9.86. The standard InChI is InChI=1S/C12H25Br/c1-6-7-10(2)8-12(4,5)9-11(3)13/h10-11H,6-9H2,1-5H3. The molecule has 0 spiro atoms. The molecule has 0 amide bonds. The van der Waals surface area contributed by atoms with Gasteiger partial charge in [0.2, 0.25) is 0 Å². The molecule has 13 heavy (non-hydrogen) atoms. The minimum Gasteiger partial charge on any atom is -0.0893 e. The maximum Gasteiger partial charge on any atom is 0.0122 e. The summed E-state index contributed by atoms with van der Waals surface area (Å²) in [4.78, 5) is 0.649. The monoisotopic (exact) mass is 248 g/mol. The molecular formula is C12H25Br. The summed E-state index contributed by atoms with van der Waals surface area (Å²) in [6.45, 7) is 11.7. The van der Waals surface area contributed by atoms with E-state index in [-0.39, 0.29) is 0 Å². The van der Waals surface area contributed by atoms with Crippen molar-refractivity contribution >= 4 is 15.9 Å². The first-order chi connectivity index (χ1) is 5.87. The Kier molecular flexibility index (Phi) is 6.28. The van der Waals surface area contributed by atoms with E-state index in [9.17, 15) is 0 Å². The van der Waals surface area contributed by atoms with Crippen molar-refractivity contribution in [3.63, 3.8) is 0 Å². The average Bonchev–Trinajstić information content (AvgIpc) is 1.81. The molecule has 1 heteroatoms. The van der Waals surface area contributed by atoms with E-state index in [0.29, 0.717) is 10.2 Å². The van der Waals surface area contributed by atoms with Crippen molar-refractivity contribution in [1.29, 1.82) is 0 Å². The molecule has 0 radical (unpaired) electrons. The Morgan fingerprint density at radius 1 is 1.15 bits per heavy atom. The maximum absolute atomic E-state index is 3.64. The van der Waals surface area contributed by atoms with Crippen LogP contribution in [-0.2, 0) is 0 Å². The molecule has 0 heterocycles. The largest absolute Gasteiger partial charge is 0.0893 e. The Labute approximate surface area is 92.6 Å². The van der Waals surface area contributed by atoms with Crippen LogP contribution in [0, 0.1) is 11.3 Å². The van der Waals surface area contributed by atoms with Crippen molar-refractivity contribution in [3.8, 4) is 0 Å². The van der Waals surface area contributed by atoms with Gasteiger partial charge in [-0.05, 0) is 24.2 Å². The second-order valence-electron chi connectivity index (χ2n) is 5.25. The summed E-state index contributed by atoms with van der Waals surface area (Å²) in [5, 5.41) is 0. The first kappa shape index (κ1) is 13.5. The fraction of sp³-hybridized carbons (Fsp3) is 1.00. The summed E-state index contributed by atoms with van der Waals surface area (Å²) in [7, 11) is 0. The molecule has 0 aliphatic heterocycles. The molecule has 0 aromatic carbocycles. The SMILES string of the molecule is CCCC(C)CC(C)(C)CC(C)Br. The predicted octanol–water partition coefficient (Wildman–Crippen LogP) is 5.01. The first-order valence-corrected chi connectivity index (χ1v) is 6.43. The van der Waals surface area contributed by atoms with Gasteiger partial charge in [-0.3, -0.25) is 0 Å². The summed E-state index contributed by atoms with van der Waals surface area (Å²) in [6.07, 6.45) is 5.33. The smallest absolute Gasteiger partial charge is 0.0122 e. The van der Waals surface area contributed by atoms with Gasteiger partial charge in [-0.15, -0.1) is 0 Å². The lowest BCUT2D eigenvalue weighted by Crippen LogP contribution is -2.18. The van der Waals surface area contributed by atoms with Crippen LogP contribution in [0.4, 0.5) is 0 Å². The summed E-state index contributed by atoms with van der Waals surface area (Å²) in [5.41, 5.74) is 0.498. The summed E-state index contributed by atoms with van der Waals surface area (Å²) >= 11 is 3.64. The summed E-state index contributed by atoms with van der Waals surface area (Å²) in [5.74, 6) is 0.881. The van der Waals surface area contributed by atoms with Crippen LogP contribution in [0.5, 0.6) is 0 Å². The second kappa shape index (κ2) is 6.06. The van der Waals surface area contributed by atoms with Gasteiger partial charge in [-0.1, -0.05) is 63.4 Å². The van der Waals surface area contributed by atoms with E-state index < -0.39 is 0 Å². The number of rotatable bonds is 6. The van der Waals surface area contributed by atoms with Gasteiger partial charge < -0.3 is 0 Å². The number of alkyl halides is 1. The minimum atomic E-state index is 0.498. The van der Waals surface area contributed by atoms with Crippen LogP contribution in [0.3, 0.4) is 0 Å². The lowest BCUT2D eigenvalue weighted by Gasteiger charge is -2.29. The highest BCUT2D eigenvalue weighted by Crippen LogP contribution is 2.33. The quantitative estimate of drug-likeness (QED) is 0.580. The molecule has 0 rings (SSSR count). The van der Waals surface area contributed by atoms with E-state index in [1.807, 2.05) is 0 Å². The van der Waals surface area contributed by atoms with Gasteiger partial charge >= 0.3 is 0 Å². The molecule has 0 fully saturated rings. The molecule has 0 saturated heterocycles. The maximum atomic E-state index is 3.64. The van der Waals surface area contributed by atoms with Crippen LogP contribution in [0.1, 0.15) is 60.3 Å². The number of hydrogen-bond acceptors (Lipinski definition) is 0. The molecule has 0 bridgehead atoms. The summed E-state index contributed by atoms with van der Waals surface area (Å²) < 4.78 is 0. The van der Waals surface area contributed by atoms with Crippen molar-refractivity contribution in [2.45, 2.75) is 65.1 Å². The Balaban J connectivity index is 3.85. The lowest BCUT2D eigenvalue weighted by molar-refractivity contribution is 0.250. The fourth-order valence-corrected chi connectivity index (χ4v) is 3.26. The van der Waals surface area contributed by atoms with Crippen molar-refractivity contribution in [2.24, 2.45) is 11.3 Å². The Bertz CT molecular complexity index is 127.